The number of carbonyl (C=O) groups is 2. The van der Waals surface area contributed by atoms with Gasteiger partial charge < -0.3 is 4.74 Å². The highest BCUT2D eigenvalue weighted by Gasteiger charge is 2.47. The molecule has 2 bridgehead atoms. The number of ether oxygens (including phenoxy) is 1. The molecule has 2 fully saturated rings. The van der Waals surface area contributed by atoms with Crippen molar-refractivity contribution < 1.29 is 14.3 Å². The summed E-state index contributed by atoms with van der Waals surface area (Å²) in [6, 6.07) is -0.238. The first-order valence-corrected chi connectivity index (χ1v) is 5.85. The SMILES string of the molecule is C/C=C/COC(=O)N1C[C@@H]2C[C@H]1C(=O)S2. The van der Waals surface area contributed by atoms with Crippen molar-refractivity contribution in [1.82, 2.24) is 4.90 Å². The molecule has 2 aliphatic rings. The molecule has 2 aliphatic heterocycles. The molecule has 0 unspecified atom stereocenters. The first-order valence-electron chi connectivity index (χ1n) is 4.97. The topological polar surface area (TPSA) is 46.6 Å². The van der Waals surface area contributed by atoms with Gasteiger partial charge in [0.25, 0.3) is 0 Å². The molecule has 1 amide bonds. The fraction of sp³-hybridized carbons (Fsp3) is 0.600. The van der Waals surface area contributed by atoms with Crippen molar-refractivity contribution in [2.24, 2.45) is 0 Å². The third-order valence-electron chi connectivity index (χ3n) is 2.59. The average Bonchev–Trinajstić information content (AvgIpc) is 2.76. The van der Waals surface area contributed by atoms with Crippen LogP contribution in [0.15, 0.2) is 12.2 Å². The van der Waals surface area contributed by atoms with Gasteiger partial charge in [0.15, 0.2) is 0 Å². The summed E-state index contributed by atoms with van der Waals surface area (Å²) in [5, 5.41) is 0.394. The number of thioether (sulfide) groups is 1. The lowest BCUT2D eigenvalue weighted by Gasteiger charge is -2.24. The second kappa shape index (κ2) is 4.26. The van der Waals surface area contributed by atoms with Crippen LogP contribution in [0.5, 0.6) is 0 Å². The van der Waals surface area contributed by atoms with Gasteiger partial charge in [-0.1, -0.05) is 23.9 Å². The van der Waals surface area contributed by atoms with E-state index in [-0.39, 0.29) is 29.1 Å². The maximum atomic E-state index is 11.6. The van der Waals surface area contributed by atoms with Crippen molar-refractivity contribution in [3.05, 3.63) is 12.2 Å². The summed E-state index contributed by atoms with van der Waals surface area (Å²) >= 11 is 1.36. The van der Waals surface area contributed by atoms with Gasteiger partial charge in [-0.05, 0) is 13.3 Å². The number of hydrogen-bond donors (Lipinski definition) is 0. The van der Waals surface area contributed by atoms with Gasteiger partial charge in [-0.25, -0.2) is 4.79 Å². The highest BCUT2D eigenvalue weighted by Crippen LogP contribution is 2.38. The normalized spacial score (nSPS) is 29.1. The van der Waals surface area contributed by atoms with Crippen LogP contribution in [-0.4, -0.2) is 40.6 Å². The molecule has 15 heavy (non-hydrogen) atoms. The predicted octanol–water partition coefficient (Wildman–Crippen LogP) is 1.42. The molecule has 0 aromatic carbocycles. The molecule has 4 nitrogen and oxygen atoms in total. The Morgan fingerprint density at radius 1 is 1.73 bits per heavy atom. The van der Waals surface area contributed by atoms with Gasteiger partial charge in [0, 0.05) is 11.8 Å². The largest absolute Gasteiger partial charge is 0.445 e. The third kappa shape index (κ3) is 2.02. The average molecular weight is 227 g/mol. The zero-order chi connectivity index (χ0) is 10.8. The van der Waals surface area contributed by atoms with Gasteiger partial charge in [-0.3, -0.25) is 9.69 Å². The third-order valence-corrected chi connectivity index (χ3v) is 3.77. The van der Waals surface area contributed by atoms with E-state index in [0.29, 0.717) is 6.54 Å². The summed E-state index contributed by atoms with van der Waals surface area (Å²) in [5.41, 5.74) is 0. The molecule has 2 heterocycles. The van der Waals surface area contributed by atoms with Gasteiger partial charge in [0.05, 0.1) is 0 Å². The minimum absolute atomic E-state index is 0.106. The van der Waals surface area contributed by atoms with Crippen molar-refractivity contribution in [2.75, 3.05) is 13.2 Å². The zero-order valence-electron chi connectivity index (χ0n) is 8.51. The van der Waals surface area contributed by atoms with Gasteiger partial charge in [0.2, 0.25) is 5.12 Å². The smallest absolute Gasteiger partial charge is 0.410 e. The fourth-order valence-corrected chi connectivity index (χ4v) is 3.07. The van der Waals surface area contributed by atoms with E-state index < -0.39 is 0 Å². The van der Waals surface area contributed by atoms with E-state index in [2.05, 4.69) is 0 Å². The molecule has 0 saturated carbocycles. The Balaban J connectivity index is 1.89. The minimum Gasteiger partial charge on any atom is -0.445 e. The number of rotatable bonds is 2. The van der Waals surface area contributed by atoms with Crippen LogP contribution in [0.2, 0.25) is 0 Å². The molecule has 2 atom stereocenters. The number of amides is 1. The van der Waals surface area contributed by atoms with E-state index in [4.69, 9.17) is 4.74 Å². The second-order valence-corrected chi connectivity index (χ2v) is 4.91. The van der Waals surface area contributed by atoms with E-state index in [1.54, 1.807) is 11.0 Å². The van der Waals surface area contributed by atoms with Gasteiger partial charge in [-0.15, -0.1) is 0 Å². The first-order chi connectivity index (χ1) is 7.22. The monoisotopic (exact) mass is 227 g/mol. The number of hydrogen-bond acceptors (Lipinski definition) is 4. The van der Waals surface area contributed by atoms with Crippen molar-refractivity contribution in [1.29, 1.82) is 0 Å². The molecule has 0 spiro atoms. The van der Waals surface area contributed by atoms with Crippen LogP contribution in [0.25, 0.3) is 0 Å². The van der Waals surface area contributed by atoms with Crippen LogP contribution >= 0.6 is 11.8 Å². The minimum atomic E-state index is -0.366. The standard InChI is InChI=1S/C10H13NO3S/c1-2-3-4-14-10(13)11-6-7-5-8(11)9(12)15-7/h2-3,7-8H,4-6H2,1H3/b3-2+/t7-,8-/m0/s1. The number of likely N-dealkylation sites (tertiary alicyclic amines) is 1. The summed E-state index contributed by atoms with van der Waals surface area (Å²) in [4.78, 5) is 24.5. The summed E-state index contributed by atoms with van der Waals surface area (Å²) in [6.07, 6.45) is 4.02. The maximum Gasteiger partial charge on any atom is 0.410 e. The Kier molecular flexibility index (Phi) is 3.00. The molecule has 0 aromatic rings. The highest BCUT2D eigenvalue weighted by atomic mass is 32.2. The molecule has 5 heteroatoms. The van der Waals surface area contributed by atoms with E-state index in [9.17, 15) is 9.59 Å². The van der Waals surface area contributed by atoms with Gasteiger partial charge >= 0.3 is 6.09 Å². The highest BCUT2D eigenvalue weighted by molar-refractivity contribution is 8.14. The first kappa shape index (κ1) is 10.5. The molecule has 0 N–H and O–H groups in total. The Hall–Kier alpha value is -0.970. The molecule has 82 valence electrons. The fourth-order valence-electron chi connectivity index (χ4n) is 1.85. The van der Waals surface area contributed by atoms with E-state index >= 15 is 0 Å². The summed E-state index contributed by atoms with van der Waals surface area (Å²) < 4.78 is 5.01. The van der Waals surface area contributed by atoms with Crippen molar-refractivity contribution in [3.8, 4) is 0 Å². The van der Waals surface area contributed by atoms with Crippen molar-refractivity contribution in [2.45, 2.75) is 24.6 Å². The van der Waals surface area contributed by atoms with Crippen LogP contribution in [0.3, 0.4) is 0 Å². The predicted molar refractivity (Wildman–Crippen MR) is 57.7 cm³/mol. The summed E-state index contributed by atoms with van der Waals surface area (Å²) in [5.74, 6) is 0. The Bertz CT molecular complexity index is 316. The van der Waals surface area contributed by atoms with Crippen LogP contribution in [0, 0.1) is 0 Å². The van der Waals surface area contributed by atoms with E-state index in [1.807, 2.05) is 13.0 Å². The number of carbonyl (C=O) groups excluding carboxylic acids is 2. The molecular formula is C10H13NO3S. The van der Waals surface area contributed by atoms with E-state index in [0.717, 1.165) is 6.42 Å². The summed E-state index contributed by atoms with van der Waals surface area (Å²) in [6.45, 7) is 2.80. The van der Waals surface area contributed by atoms with Crippen LogP contribution < -0.4 is 0 Å². The molecular weight excluding hydrogens is 214 g/mol. The molecule has 2 rings (SSSR count). The summed E-state index contributed by atoms with van der Waals surface area (Å²) in [7, 11) is 0. The molecule has 0 radical (unpaired) electrons. The van der Waals surface area contributed by atoms with Gasteiger partial charge in [-0.2, -0.15) is 0 Å². The van der Waals surface area contributed by atoms with Crippen LogP contribution in [-0.2, 0) is 9.53 Å². The zero-order valence-corrected chi connectivity index (χ0v) is 9.33. The second-order valence-electron chi connectivity index (χ2n) is 3.61. The van der Waals surface area contributed by atoms with Crippen molar-refractivity contribution >= 4 is 23.0 Å². The van der Waals surface area contributed by atoms with Crippen molar-refractivity contribution in [3.63, 3.8) is 0 Å². The van der Waals surface area contributed by atoms with Crippen LogP contribution in [0.4, 0.5) is 4.79 Å². The quantitative estimate of drug-likeness (QED) is 0.669. The number of fused-ring (bicyclic) bond motifs is 2. The lowest BCUT2D eigenvalue weighted by atomic mass is 10.2. The molecule has 0 aliphatic carbocycles. The maximum absolute atomic E-state index is 11.6. The Morgan fingerprint density at radius 2 is 2.53 bits per heavy atom. The lowest BCUT2D eigenvalue weighted by Crippen LogP contribution is -2.41. The lowest BCUT2D eigenvalue weighted by molar-refractivity contribution is -0.114. The van der Waals surface area contributed by atoms with Crippen LogP contribution in [0.1, 0.15) is 13.3 Å². The number of nitrogens with zero attached hydrogens (tertiary/aromatic N) is 1. The van der Waals surface area contributed by atoms with Gasteiger partial charge in [0.1, 0.15) is 12.6 Å². The number of allylic oxidation sites excluding steroid dienone is 1. The van der Waals surface area contributed by atoms with E-state index in [1.165, 1.54) is 11.8 Å². The Morgan fingerprint density at radius 3 is 3.13 bits per heavy atom. The Labute approximate surface area is 92.6 Å². The molecule has 0 aromatic heterocycles. The molecule has 2 saturated heterocycles.